The SMILES string of the molecule is CCC(C)(CO)NS(=O)(=O)c1c(N)cc(Cl)cc1Cl. The summed E-state index contributed by atoms with van der Waals surface area (Å²) < 4.78 is 27.0. The number of nitrogens with one attached hydrogen (secondary N) is 1. The van der Waals surface area contributed by atoms with Gasteiger partial charge in [0.2, 0.25) is 10.0 Å². The predicted molar refractivity (Wildman–Crippen MR) is 77.0 cm³/mol. The number of nitrogens with two attached hydrogens (primary N) is 1. The van der Waals surface area contributed by atoms with E-state index in [1.54, 1.807) is 13.8 Å². The summed E-state index contributed by atoms with van der Waals surface area (Å²) in [6.45, 7) is 3.00. The first-order chi connectivity index (χ1) is 8.65. The van der Waals surface area contributed by atoms with E-state index < -0.39 is 15.6 Å². The van der Waals surface area contributed by atoms with Gasteiger partial charge in [0.1, 0.15) is 4.90 Å². The Bertz CT molecular complexity index is 548. The highest BCUT2D eigenvalue weighted by Crippen LogP contribution is 2.31. The zero-order valence-electron chi connectivity index (χ0n) is 10.6. The number of nitrogen functional groups attached to an aromatic ring is 1. The molecule has 5 nitrogen and oxygen atoms in total. The molecule has 19 heavy (non-hydrogen) atoms. The first kappa shape index (κ1) is 16.5. The van der Waals surface area contributed by atoms with E-state index in [9.17, 15) is 13.5 Å². The molecule has 108 valence electrons. The van der Waals surface area contributed by atoms with Crippen LogP contribution in [-0.2, 0) is 10.0 Å². The maximum atomic E-state index is 12.3. The third-order valence-corrected chi connectivity index (χ3v) is 5.20. The number of sulfonamides is 1. The first-order valence-electron chi connectivity index (χ1n) is 5.54. The van der Waals surface area contributed by atoms with Gasteiger partial charge in [0, 0.05) is 5.02 Å². The molecule has 0 aliphatic heterocycles. The Kier molecular flexibility index (Phi) is 5.08. The van der Waals surface area contributed by atoms with Crippen LogP contribution in [0.25, 0.3) is 0 Å². The molecule has 1 aromatic rings. The van der Waals surface area contributed by atoms with Crippen molar-refractivity contribution in [3.05, 3.63) is 22.2 Å². The molecule has 0 amide bonds. The van der Waals surface area contributed by atoms with Gasteiger partial charge >= 0.3 is 0 Å². The summed E-state index contributed by atoms with van der Waals surface area (Å²) in [5, 5.41) is 9.46. The lowest BCUT2D eigenvalue weighted by Crippen LogP contribution is -2.48. The first-order valence-corrected chi connectivity index (χ1v) is 7.78. The molecule has 0 saturated carbocycles. The van der Waals surface area contributed by atoms with Crippen molar-refractivity contribution in [2.75, 3.05) is 12.3 Å². The second-order valence-corrected chi connectivity index (χ2v) is 6.95. The van der Waals surface area contributed by atoms with Crippen LogP contribution in [0, 0.1) is 0 Å². The lowest BCUT2D eigenvalue weighted by atomic mass is 10.0. The molecular weight excluding hydrogens is 311 g/mol. The fourth-order valence-corrected chi connectivity index (χ4v) is 3.91. The summed E-state index contributed by atoms with van der Waals surface area (Å²) in [4.78, 5) is -0.230. The highest BCUT2D eigenvalue weighted by Gasteiger charge is 2.31. The van der Waals surface area contributed by atoms with E-state index in [0.29, 0.717) is 6.42 Å². The van der Waals surface area contributed by atoms with Gasteiger partial charge in [-0.15, -0.1) is 0 Å². The zero-order chi connectivity index (χ0) is 14.8. The van der Waals surface area contributed by atoms with Gasteiger partial charge in [-0.25, -0.2) is 13.1 Å². The second kappa shape index (κ2) is 5.85. The van der Waals surface area contributed by atoms with Crippen LogP contribution in [0.2, 0.25) is 10.0 Å². The van der Waals surface area contributed by atoms with Gasteiger partial charge in [-0.2, -0.15) is 0 Å². The fraction of sp³-hybridized carbons (Fsp3) is 0.455. The summed E-state index contributed by atoms with van der Waals surface area (Å²) in [7, 11) is -3.95. The Morgan fingerprint density at radius 1 is 1.42 bits per heavy atom. The minimum Gasteiger partial charge on any atom is -0.398 e. The van der Waals surface area contributed by atoms with Gasteiger partial charge in [-0.3, -0.25) is 0 Å². The van der Waals surface area contributed by atoms with Gasteiger partial charge in [-0.05, 0) is 25.5 Å². The third-order valence-electron chi connectivity index (χ3n) is 2.82. The Labute approximate surface area is 122 Å². The number of aliphatic hydroxyl groups is 1. The Balaban J connectivity index is 3.29. The van der Waals surface area contributed by atoms with Gasteiger partial charge < -0.3 is 10.8 Å². The Morgan fingerprint density at radius 3 is 2.42 bits per heavy atom. The molecule has 0 fully saturated rings. The van der Waals surface area contributed by atoms with Crippen molar-refractivity contribution in [2.24, 2.45) is 0 Å². The van der Waals surface area contributed by atoms with Crippen LogP contribution in [0.4, 0.5) is 5.69 Å². The minimum absolute atomic E-state index is 0.0404. The van der Waals surface area contributed by atoms with Gasteiger partial charge in [-0.1, -0.05) is 30.1 Å². The molecule has 0 spiro atoms. The van der Waals surface area contributed by atoms with Crippen molar-refractivity contribution >= 4 is 38.9 Å². The molecule has 0 aromatic heterocycles. The third kappa shape index (κ3) is 3.73. The van der Waals surface area contributed by atoms with Crippen LogP contribution >= 0.6 is 23.2 Å². The average molecular weight is 327 g/mol. The normalized spacial score (nSPS) is 15.2. The molecule has 0 heterocycles. The average Bonchev–Trinajstić information content (AvgIpc) is 2.26. The van der Waals surface area contributed by atoms with Crippen LogP contribution in [0.5, 0.6) is 0 Å². The van der Waals surface area contributed by atoms with Crippen molar-refractivity contribution in [1.82, 2.24) is 4.72 Å². The number of aliphatic hydroxyl groups excluding tert-OH is 1. The highest BCUT2D eigenvalue weighted by atomic mass is 35.5. The van der Waals surface area contributed by atoms with E-state index in [2.05, 4.69) is 4.72 Å². The molecule has 8 heteroatoms. The van der Waals surface area contributed by atoms with E-state index in [1.807, 2.05) is 0 Å². The number of rotatable bonds is 5. The van der Waals surface area contributed by atoms with Crippen LogP contribution in [0.3, 0.4) is 0 Å². The molecule has 1 aromatic carbocycles. The van der Waals surface area contributed by atoms with E-state index in [1.165, 1.54) is 12.1 Å². The van der Waals surface area contributed by atoms with Gasteiger partial charge in [0.15, 0.2) is 0 Å². The number of halogens is 2. The Hall–Kier alpha value is -0.530. The van der Waals surface area contributed by atoms with E-state index in [-0.39, 0.29) is 27.2 Å². The maximum Gasteiger partial charge on any atom is 0.244 e. The van der Waals surface area contributed by atoms with Crippen molar-refractivity contribution in [1.29, 1.82) is 0 Å². The summed E-state index contributed by atoms with van der Waals surface area (Å²) in [5.74, 6) is 0. The van der Waals surface area contributed by atoms with E-state index in [0.717, 1.165) is 0 Å². The zero-order valence-corrected chi connectivity index (χ0v) is 12.9. The largest absolute Gasteiger partial charge is 0.398 e. The predicted octanol–water partition coefficient (Wildman–Crippen LogP) is 2.01. The molecular formula is C11H16Cl2N2O3S. The van der Waals surface area contributed by atoms with E-state index >= 15 is 0 Å². The summed E-state index contributed by atoms with van der Waals surface area (Å²) in [6, 6.07) is 2.61. The molecule has 4 N–H and O–H groups in total. The lowest BCUT2D eigenvalue weighted by molar-refractivity contribution is 0.191. The van der Waals surface area contributed by atoms with Crippen LogP contribution in [0.1, 0.15) is 20.3 Å². The number of benzene rings is 1. The van der Waals surface area contributed by atoms with E-state index in [4.69, 9.17) is 28.9 Å². The maximum absolute atomic E-state index is 12.3. The molecule has 0 bridgehead atoms. The summed E-state index contributed by atoms with van der Waals surface area (Å²) in [5.41, 5.74) is 4.64. The molecule has 0 radical (unpaired) electrons. The van der Waals surface area contributed by atoms with Crippen LogP contribution in [-0.4, -0.2) is 25.7 Å². The smallest absolute Gasteiger partial charge is 0.244 e. The number of hydrogen-bond donors (Lipinski definition) is 3. The summed E-state index contributed by atoms with van der Waals surface area (Å²) >= 11 is 11.6. The molecule has 0 aliphatic carbocycles. The van der Waals surface area contributed by atoms with Crippen LogP contribution in [0.15, 0.2) is 17.0 Å². The monoisotopic (exact) mass is 326 g/mol. The minimum atomic E-state index is -3.95. The van der Waals surface area contributed by atoms with Gasteiger partial charge in [0.25, 0.3) is 0 Å². The summed E-state index contributed by atoms with van der Waals surface area (Å²) in [6.07, 6.45) is 0.411. The van der Waals surface area contributed by atoms with Crippen molar-refractivity contribution in [3.63, 3.8) is 0 Å². The molecule has 0 aliphatic rings. The van der Waals surface area contributed by atoms with Gasteiger partial charge in [0.05, 0.1) is 22.9 Å². The topological polar surface area (TPSA) is 92.4 Å². The molecule has 1 unspecified atom stereocenters. The van der Waals surface area contributed by atoms with Crippen LogP contribution < -0.4 is 10.5 Å². The standard InChI is InChI=1S/C11H16Cl2N2O3S/c1-3-11(2,6-16)15-19(17,18)10-8(13)4-7(12)5-9(10)14/h4-5,15-16H,3,6,14H2,1-2H3. The van der Waals surface area contributed by atoms with Crippen molar-refractivity contribution in [3.8, 4) is 0 Å². The second-order valence-electron chi connectivity index (χ2n) is 4.48. The molecule has 0 saturated heterocycles. The fourth-order valence-electron chi connectivity index (χ4n) is 1.46. The number of anilines is 1. The Morgan fingerprint density at radius 2 is 2.00 bits per heavy atom. The van der Waals surface area contributed by atoms with Crippen molar-refractivity contribution < 1.29 is 13.5 Å². The molecule has 1 atom stereocenters. The lowest BCUT2D eigenvalue weighted by Gasteiger charge is -2.27. The quantitative estimate of drug-likeness (QED) is 0.721. The number of hydrogen-bond acceptors (Lipinski definition) is 4. The highest BCUT2D eigenvalue weighted by molar-refractivity contribution is 7.89. The molecule has 1 rings (SSSR count). The van der Waals surface area contributed by atoms with Crippen molar-refractivity contribution in [2.45, 2.75) is 30.7 Å².